The largest absolute Gasteiger partial charge is 0.493 e. The minimum absolute atomic E-state index is 0.0546. The molecule has 8 heteroatoms. The first-order valence-corrected chi connectivity index (χ1v) is 12.8. The summed E-state index contributed by atoms with van der Waals surface area (Å²) < 4.78 is 20.9. The van der Waals surface area contributed by atoms with Crippen molar-refractivity contribution in [3.05, 3.63) is 94.8 Å². The lowest BCUT2D eigenvalue weighted by molar-refractivity contribution is -0.129. The second-order valence-corrected chi connectivity index (χ2v) is 9.53. The molecule has 0 aliphatic heterocycles. The third-order valence-corrected chi connectivity index (χ3v) is 6.66. The molecule has 4 rings (SSSR count). The summed E-state index contributed by atoms with van der Waals surface area (Å²) in [6.45, 7) is 2.68. The highest BCUT2D eigenvalue weighted by Crippen LogP contribution is 2.28. The number of rotatable bonds is 11. The lowest BCUT2D eigenvalue weighted by atomic mass is 10.1. The summed E-state index contributed by atoms with van der Waals surface area (Å²) in [5, 5.41) is 0.501. The second-order valence-electron chi connectivity index (χ2n) is 8.82. The summed E-state index contributed by atoms with van der Waals surface area (Å²) in [7, 11) is 5.05. The van der Waals surface area contributed by atoms with Gasteiger partial charge in [-0.25, -0.2) is 0 Å². The number of amides is 1. The Morgan fingerprint density at radius 2 is 1.57 bits per heavy atom. The topological polar surface area (TPSA) is 73.8 Å². The van der Waals surface area contributed by atoms with E-state index < -0.39 is 0 Å². The molecule has 37 heavy (non-hydrogen) atoms. The quantitative estimate of drug-likeness (QED) is 0.262. The Morgan fingerprint density at radius 3 is 2.27 bits per heavy atom. The molecule has 1 aromatic heterocycles. The maximum Gasteiger partial charge on any atom is 0.298 e. The van der Waals surface area contributed by atoms with Crippen molar-refractivity contribution < 1.29 is 19.0 Å². The predicted octanol–water partition coefficient (Wildman–Crippen LogP) is 5.49. The molecule has 192 valence electrons. The normalized spacial score (nSPS) is 10.7. The standard InChI is InChI=1S/C29H31N3O4S/c1-20-5-7-21(8-6-20)18-27-30-29(37-31-27)36-24-12-9-22(10-13-24)19-28(33)32(2)16-15-23-11-14-25(34-3)26(17-23)35-4/h5-14,17H,15-16,18-19H2,1-4H3. The molecule has 3 aromatic carbocycles. The zero-order valence-corrected chi connectivity index (χ0v) is 22.4. The molecule has 0 atom stereocenters. The third-order valence-electron chi connectivity index (χ3n) is 6.03. The van der Waals surface area contributed by atoms with Gasteiger partial charge in [0.05, 0.1) is 20.6 Å². The van der Waals surface area contributed by atoms with E-state index in [2.05, 4.69) is 40.5 Å². The number of hydrogen-bond acceptors (Lipinski definition) is 7. The van der Waals surface area contributed by atoms with E-state index in [1.165, 1.54) is 17.1 Å². The molecule has 0 radical (unpaired) electrons. The number of carbonyl (C=O) groups is 1. The second kappa shape index (κ2) is 12.4. The van der Waals surface area contributed by atoms with Gasteiger partial charge in [0, 0.05) is 31.5 Å². The van der Waals surface area contributed by atoms with Gasteiger partial charge in [-0.3, -0.25) is 4.79 Å². The van der Waals surface area contributed by atoms with Gasteiger partial charge in [-0.1, -0.05) is 48.0 Å². The molecule has 0 N–H and O–H groups in total. The van der Waals surface area contributed by atoms with Gasteiger partial charge in [0.1, 0.15) is 5.75 Å². The highest BCUT2D eigenvalue weighted by molar-refractivity contribution is 7.07. The van der Waals surface area contributed by atoms with Crippen LogP contribution in [0.4, 0.5) is 0 Å². The van der Waals surface area contributed by atoms with E-state index in [4.69, 9.17) is 14.2 Å². The SMILES string of the molecule is COc1ccc(CCN(C)C(=O)Cc2ccc(Oc3nc(Cc4ccc(C)cc4)ns3)cc2)cc1OC. The smallest absolute Gasteiger partial charge is 0.298 e. The maximum atomic E-state index is 12.7. The van der Waals surface area contributed by atoms with Crippen molar-refractivity contribution in [2.75, 3.05) is 27.8 Å². The van der Waals surface area contributed by atoms with Crippen molar-refractivity contribution in [2.45, 2.75) is 26.2 Å². The summed E-state index contributed by atoms with van der Waals surface area (Å²) in [5.41, 5.74) is 4.40. The molecule has 0 bridgehead atoms. The van der Waals surface area contributed by atoms with Gasteiger partial charge in [-0.2, -0.15) is 9.36 Å². The molecule has 0 saturated carbocycles. The van der Waals surface area contributed by atoms with E-state index in [0.717, 1.165) is 28.9 Å². The Kier molecular flexibility index (Phi) is 8.74. The summed E-state index contributed by atoms with van der Waals surface area (Å²) >= 11 is 1.23. The fourth-order valence-electron chi connectivity index (χ4n) is 3.78. The summed E-state index contributed by atoms with van der Waals surface area (Å²) in [4.78, 5) is 19.0. The fourth-order valence-corrected chi connectivity index (χ4v) is 4.35. The first-order valence-electron chi connectivity index (χ1n) is 12.0. The van der Waals surface area contributed by atoms with Crippen LogP contribution in [0.3, 0.4) is 0 Å². The molecule has 0 spiro atoms. The van der Waals surface area contributed by atoms with Crippen molar-refractivity contribution in [2.24, 2.45) is 0 Å². The Morgan fingerprint density at radius 1 is 0.892 bits per heavy atom. The molecule has 0 aliphatic rings. The van der Waals surface area contributed by atoms with E-state index in [0.29, 0.717) is 41.8 Å². The first kappa shape index (κ1) is 26.2. The number of methoxy groups -OCH3 is 2. The molecule has 0 fully saturated rings. The Labute approximate surface area is 221 Å². The number of aromatic nitrogens is 2. The summed E-state index contributed by atoms with van der Waals surface area (Å²) in [6, 6.07) is 21.7. The van der Waals surface area contributed by atoms with Crippen LogP contribution < -0.4 is 14.2 Å². The number of likely N-dealkylation sites (N-methyl/N-ethyl adjacent to an activating group) is 1. The number of hydrogen-bond donors (Lipinski definition) is 0. The molecule has 1 amide bonds. The van der Waals surface area contributed by atoms with Gasteiger partial charge in [-0.05, 0) is 54.3 Å². The number of nitrogens with zero attached hydrogens (tertiary/aromatic N) is 3. The first-order chi connectivity index (χ1) is 17.9. The van der Waals surface area contributed by atoms with Gasteiger partial charge in [0.15, 0.2) is 17.3 Å². The lowest BCUT2D eigenvalue weighted by Gasteiger charge is -2.18. The Balaban J connectivity index is 1.26. The minimum atomic E-state index is 0.0546. The van der Waals surface area contributed by atoms with E-state index in [1.807, 2.05) is 49.5 Å². The predicted molar refractivity (Wildman–Crippen MR) is 145 cm³/mol. The van der Waals surface area contributed by atoms with Crippen LogP contribution in [-0.4, -0.2) is 48.0 Å². The Bertz CT molecular complexity index is 1320. The molecule has 4 aromatic rings. The van der Waals surface area contributed by atoms with Crippen molar-refractivity contribution >= 4 is 17.4 Å². The van der Waals surface area contributed by atoms with Crippen molar-refractivity contribution in [1.82, 2.24) is 14.3 Å². The molecule has 0 saturated heterocycles. The molecule has 7 nitrogen and oxygen atoms in total. The monoisotopic (exact) mass is 517 g/mol. The zero-order valence-electron chi connectivity index (χ0n) is 21.6. The lowest BCUT2D eigenvalue weighted by Crippen LogP contribution is -2.30. The van der Waals surface area contributed by atoms with Gasteiger partial charge in [0.25, 0.3) is 5.19 Å². The van der Waals surface area contributed by atoms with Gasteiger partial charge in [-0.15, -0.1) is 0 Å². The molecular weight excluding hydrogens is 486 g/mol. The highest BCUT2D eigenvalue weighted by atomic mass is 32.1. The van der Waals surface area contributed by atoms with Crippen LogP contribution in [0, 0.1) is 6.92 Å². The third kappa shape index (κ3) is 7.30. The Hall–Kier alpha value is -3.91. The number of aryl methyl sites for hydroxylation is 1. The van der Waals surface area contributed by atoms with Crippen LogP contribution >= 0.6 is 11.5 Å². The van der Waals surface area contributed by atoms with Gasteiger partial charge < -0.3 is 19.1 Å². The average molecular weight is 518 g/mol. The van der Waals surface area contributed by atoms with E-state index >= 15 is 0 Å². The number of ether oxygens (including phenoxy) is 3. The van der Waals surface area contributed by atoms with Crippen LogP contribution in [0.15, 0.2) is 66.7 Å². The van der Waals surface area contributed by atoms with Gasteiger partial charge in [0.2, 0.25) is 5.91 Å². The van der Waals surface area contributed by atoms with Crippen LogP contribution in [0.5, 0.6) is 22.4 Å². The molecule has 0 unspecified atom stereocenters. The van der Waals surface area contributed by atoms with Crippen LogP contribution in [0.25, 0.3) is 0 Å². The van der Waals surface area contributed by atoms with Crippen molar-refractivity contribution in [3.8, 4) is 22.4 Å². The zero-order chi connectivity index (χ0) is 26.2. The number of carbonyl (C=O) groups excluding carboxylic acids is 1. The molecule has 1 heterocycles. The van der Waals surface area contributed by atoms with Crippen molar-refractivity contribution in [1.29, 1.82) is 0 Å². The summed E-state index contributed by atoms with van der Waals surface area (Å²) in [5.74, 6) is 2.83. The molecular formula is C29H31N3O4S. The van der Waals surface area contributed by atoms with E-state index in [1.54, 1.807) is 19.1 Å². The summed E-state index contributed by atoms with van der Waals surface area (Å²) in [6.07, 6.45) is 1.71. The van der Waals surface area contributed by atoms with Crippen LogP contribution in [0.2, 0.25) is 0 Å². The highest BCUT2D eigenvalue weighted by Gasteiger charge is 2.12. The van der Waals surface area contributed by atoms with E-state index in [-0.39, 0.29) is 5.91 Å². The average Bonchev–Trinajstić information content (AvgIpc) is 3.35. The fraction of sp³-hybridized carbons (Fsp3) is 0.276. The minimum Gasteiger partial charge on any atom is -0.493 e. The molecule has 0 aliphatic carbocycles. The van der Waals surface area contributed by atoms with Crippen molar-refractivity contribution in [3.63, 3.8) is 0 Å². The van der Waals surface area contributed by atoms with Crippen LogP contribution in [0.1, 0.15) is 28.1 Å². The van der Waals surface area contributed by atoms with E-state index in [9.17, 15) is 4.79 Å². The maximum absolute atomic E-state index is 12.7. The number of benzene rings is 3. The van der Waals surface area contributed by atoms with Crippen LogP contribution in [-0.2, 0) is 24.1 Å². The van der Waals surface area contributed by atoms with Gasteiger partial charge >= 0.3 is 0 Å².